The van der Waals surface area contributed by atoms with E-state index < -0.39 is 17.3 Å². The Morgan fingerprint density at radius 1 is 0.903 bits per heavy atom. The Kier molecular flexibility index (Phi) is 8.12. The Morgan fingerprint density at radius 2 is 1.52 bits per heavy atom. The van der Waals surface area contributed by atoms with E-state index in [1.165, 1.54) is 11.8 Å². The van der Waals surface area contributed by atoms with Crippen LogP contribution in [0.2, 0.25) is 0 Å². The van der Waals surface area contributed by atoms with Crippen molar-refractivity contribution >= 4 is 23.6 Å². The summed E-state index contributed by atoms with van der Waals surface area (Å²) in [6.07, 6.45) is -0.211. The summed E-state index contributed by atoms with van der Waals surface area (Å²) >= 11 is 1.44. The van der Waals surface area contributed by atoms with Crippen LogP contribution in [0.5, 0.6) is 5.75 Å². The number of ether oxygens (including phenoxy) is 1. The van der Waals surface area contributed by atoms with E-state index in [2.05, 4.69) is 5.32 Å². The van der Waals surface area contributed by atoms with Gasteiger partial charge in [-0.2, -0.15) is 0 Å². The topological polar surface area (TPSA) is 75.6 Å². The van der Waals surface area contributed by atoms with Crippen molar-refractivity contribution in [3.8, 4) is 5.75 Å². The van der Waals surface area contributed by atoms with Crippen molar-refractivity contribution in [2.45, 2.75) is 29.5 Å². The molecule has 0 fully saturated rings. The molecule has 0 radical (unpaired) electrons. The van der Waals surface area contributed by atoms with Crippen molar-refractivity contribution in [3.63, 3.8) is 0 Å². The summed E-state index contributed by atoms with van der Waals surface area (Å²) < 4.78 is 5.46. The van der Waals surface area contributed by atoms with Gasteiger partial charge in [-0.15, -0.1) is 11.8 Å². The maximum absolute atomic E-state index is 13.3. The van der Waals surface area contributed by atoms with Crippen LogP contribution < -0.4 is 10.1 Å². The molecule has 160 valence electrons. The summed E-state index contributed by atoms with van der Waals surface area (Å²) in [6, 6.07) is 25.7. The predicted octanol–water partition coefficient (Wildman–Crippen LogP) is 5.25. The monoisotopic (exact) mass is 435 g/mol. The molecule has 3 aromatic rings. The van der Waals surface area contributed by atoms with Gasteiger partial charge in [0.15, 0.2) is 0 Å². The minimum Gasteiger partial charge on any atom is -0.494 e. The van der Waals surface area contributed by atoms with Gasteiger partial charge in [0.2, 0.25) is 5.91 Å². The van der Waals surface area contributed by atoms with Crippen LogP contribution in [0.25, 0.3) is 0 Å². The number of nitrogens with one attached hydrogen (secondary N) is 1. The fourth-order valence-electron chi connectivity index (χ4n) is 3.17. The summed E-state index contributed by atoms with van der Waals surface area (Å²) in [7, 11) is 0. The Morgan fingerprint density at radius 3 is 2.10 bits per heavy atom. The highest BCUT2D eigenvalue weighted by molar-refractivity contribution is 8.00. The second kappa shape index (κ2) is 11.2. The Hall–Kier alpha value is -3.25. The first-order valence-electron chi connectivity index (χ1n) is 10.1. The van der Waals surface area contributed by atoms with Gasteiger partial charge in [0.1, 0.15) is 11.0 Å². The lowest BCUT2D eigenvalue weighted by Gasteiger charge is -2.22. The Balaban J connectivity index is 1.84. The Bertz CT molecular complexity index is 977. The van der Waals surface area contributed by atoms with Crippen LogP contribution in [0.4, 0.5) is 0 Å². The number of thioether (sulfide) groups is 1. The number of carboxylic acid groups (broad SMARTS) is 1. The smallest absolute Gasteiger partial charge is 0.305 e. The highest BCUT2D eigenvalue weighted by Crippen LogP contribution is 2.36. The van der Waals surface area contributed by atoms with Crippen LogP contribution in [0, 0.1) is 0 Å². The largest absolute Gasteiger partial charge is 0.494 e. The normalized spacial score (nSPS) is 12.5. The van der Waals surface area contributed by atoms with Crippen LogP contribution in [-0.2, 0) is 9.59 Å². The SMILES string of the molecule is CCOc1ccc([C@H](CC(=O)O)NC(=O)[C@@H](Sc2ccccc2)c2ccccc2)cc1. The summed E-state index contributed by atoms with van der Waals surface area (Å²) in [5.41, 5.74) is 1.57. The zero-order valence-corrected chi connectivity index (χ0v) is 18.0. The van der Waals surface area contributed by atoms with Gasteiger partial charge in [-0.25, -0.2) is 0 Å². The summed E-state index contributed by atoms with van der Waals surface area (Å²) in [6.45, 7) is 2.44. The molecule has 2 N–H and O–H groups in total. The molecule has 0 aliphatic heterocycles. The molecule has 0 heterocycles. The molecule has 0 aliphatic carbocycles. The summed E-state index contributed by atoms with van der Waals surface area (Å²) in [5, 5.41) is 11.8. The maximum Gasteiger partial charge on any atom is 0.305 e. The van der Waals surface area contributed by atoms with Crippen LogP contribution >= 0.6 is 11.8 Å². The van der Waals surface area contributed by atoms with E-state index in [-0.39, 0.29) is 12.3 Å². The zero-order valence-electron chi connectivity index (χ0n) is 17.2. The van der Waals surface area contributed by atoms with Gasteiger partial charge in [-0.3, -0.25) is 9.59 Å². The molecule has 31 heavy (non-hydrogen) atoms. The minimum absolute atomic E-state index is 0.211. The molecular weight excluding hydrogens is 410 g/mol. The van der Waals surface area contributed by atoms with Crippen molar-refractivity contribution in [2.75, 3.05) is 6.61 Å². The molecule has 0 aromatic heterocycles. The van der Waals surface area contributed by atoms with Crippen molar-refractivity contribution < 1.29 is 19.4 Å². The van der Waals surface area contributed by atoms with Crippen LogP contribution in [0.3, 0.4) is 0 Å². The first kappa shape index (κ1) is 22.4. The first-order valence-corrected chi connectivity index (χ1v) is 11.0. The lowest BCUT2D eigenvalue weighted by molar-refractivity contribution is -0.137. The average Bonchev–Trinajstić information content (AvgIpc) is 2.79. The third-order valence-corrected chi connectivity index (χ3v) is 5.89. The van der Waals surface area contributed by atoms with Crippen molar-refractivity contribution in [1.29, 1.82) is 0 Å². The number of amides is 1. The lowest BCUT2D eigenvalue weighted by Crippen LogP contribution is -2.33. The third-order valence-electron chi connectivity index (χ3n) is 4.63. The number of carbonyl (C=O) groups is 2. The maximum atomic E-state index is 13.3. The second-order valence-corrected chi connectivity index (χ2v) is 8.06. The van der Waals surface area contributed by atoms with Gasteiger partial charge in [-0.05, 0) is 42.3 Å². The molecule has 3 aromatic carbocycles. The quantitative estimate of drug-likeness (QED) is 0.425. The van der Waals surface area contributed by atoms with E-state index >= 15 is 0 Å². The highest BCUT2D eigenvalue weighted by Gasteiger charge is 2.26. The highest BCUT2D eigenvalue weighted by atomic mass is 32.2. The standard InChI is InChI=1S/C25H25NO4S/c1-2-30-20-15-13-18(14-16-20)22(17-23(27)28)26-25(29)24(19-9-5-3-6-10-19)31-21-11-7-4-8-12-21/h3-16,22,24H,2,17H2,1H3,(H,26,29)(H,27,28)/t22-,24-/m0/s1. The number of hydrogen-bond acceptors (Lipinski definition) is 4. The number of carboxylic acids is 1. The Labute approximate surface area is 186 Å². The molecule has 0 aliphatic rings. The number of hydrogen-bond donors (Lipinski definition) is 2. The molecule has 0 saturated heterocycles. The van der Waals surface area contributed by atoms with E-state index in [4.69, 9.17) is 4.74 Å². The zero-order chi connectivity index (χ0) is 22.1. The predicted molar refractivity (Wildman–Crippen MR) is 122 cm³/mol. The third kappa shape index (κ3) is 6.62. The molecule has 0 saturated carbocycles. The van der Waals surface area contributed by atoms with Crippen molar-refractivity contribution in [1.82, 2.24) is 5.32 Å². The molecular formula is C25H25NO4S. The molecule has 0 unspecified atom stereocenters. The van der Waals surface area contributed by atoms with E-state index in [0.717, 1.165) is 16.0 Å². The van der Waals surface area contributed by atoms with Gasteiger partial charge in [0, 0.05) is 4.90 Å². The number of rotatable bonds is 10. The van der Waals surface area contributed by atoms with Crippen LogP contribution in [0.1, 0.15) is 35.8 Å². The fourth-order valence-corrected chi connectivity index (χ4v) is 4.23. The molecule has 1 amide bonds. The molecule has 5 nitrogen and oxygen atoms in total. The molecule has 3 rings (SSSR count). The van der Waals surface area contributed by atoms with Gasteiger partial charge < -0.3 is 15.2 Å². The second-order valence-electron chi connectivity index (χ2n) is 6.88. The average molecular weight is 436 g/mol. The van der Waals surface area contributed by atoms with E-state index in [1.54, 1.807) is 24.3 Å². The van der Waals surface area contributed by atoms with Crippen molar-refractivity contribution in [3.05, 3.63) is 96.1 Å². The van der Waals surface area contributed by atoms with Crippen LogP contribution in [-0.4, -0.2) is 23.6 Å². The number of carbonyl (C=O) groups excluding carboxylic acids is 1. The summed E-state index contributed by atoms with van der Waals surface area (Å²) in [4.78, 5) is 25.8. The van der Waals surface area contributed by atoms with E-state index in [0.29, 0.717) is 12.4 Å². The minimum atomic E-state index is -0.980. The fraction of sp³-hybridized carbons (Fsp3) is 0.200. The van der Waals surface area contributed by atoms with Gasteiger partial charge in [0.05, 0.1) is 19.1 Å². The summed E-state index contributed by atoms with van der Waals surface area (Å²) in [5.74, 6) is -0.514. The van der Waals surface area contributed by atoms with Crippen molar-refractivity contribution in [2.24, 2.45) is 0 Å². The van der Waals surface area contributed by atoms with Gasteiger partial charge >= 0.3 is 5.97 Å². The lowest BCUT2D eigenvalue weighted by atomic mass is 10.0. The molecule has 0 bridgehead atoms. The molecule has 2 atom stereocenters. The van der Waals surface area contributed by atoms with Gasteiger partial charge in [-0.1, -0.05) is 60.7 Å². The number of benzene rings is 3. The van der Waals surface area contributed by atoms with Gasteiger partial charge in [0.25, 0.3) is 0 Å². The first-order chi connectivity index (χ1) is 15.1. The van der Waals surface area contributed by atoms with Crippen LogP contribution in [0.15, 0.2) is 89.8 Å². The van der Waals surface area contributed by atoms with E-state index in [1.807, 2.05) is 67.6 Å². The molecule has 6 heteroatoms. The number of aliphatic carboxylic acids is 1. The van der Waals surface area contributed by atoms with E-state index in [9.17, 15) is 14.7 Å². The molecule has 0 spiro atoms.